The van der Waals surface area contributed by atoms with Crippen LogP contribution in [0.2, 0.25) is 0 Å². The van der Waals surface area contributed by atoms with Gasteiger partial charge in [0.2, 0.25) is 0 Å². The minimum Gasteiger partial charge on any atom is -0.478 e. The standard InChI is InChI=1S/C17H18N2O4S/c1-19-10-2-3-12-4-7-14(11-16(12)19)18-24(22,23)15-8-5-13(6-9-15)17(20)21/h4-9,11,18H,2-3,10H2,1H3,(H,20,21). The molecule has 2 aromatic carbocycles. The van der Waals surface area contributed by atoms with Gasteiger partial charge in [-0.2, -0.15) is 0 Å². The lowest BCUT2D eigenvalue weighted by Crippen LogP contribution is -2.25. The summed E-state index contributed by atoms with van der Waals surface area (Å²) in [7, 11) is -1.77. The molecule has 0 bridgehead atoms. The summed E-state index contributed by atoms with van der Waals surface area (Å²) in [5.74, 6) is -1.09. The zero-order valence-electron chi connectivity index (χ0n) is 13.2. The Kier molecular flexibility index (Phi) is 4.19. The van der Waals surface area contributed by atoms with Gasteiger partial charge in [-0.05, 0) is 54.8 Å². The topological polar surface area (TPSA) is 86.7 Å². The summed E-state index contributed by atoms with van der Waals surface area (Å²) in [6.45, 7) is 0.944. The maximum Gasteiger partial charge on any atom is 0.335 e. The normalized spacial score (nSPS) is 14.1. The fourth-order valence-corrected chi connectivity index (χ4v) is 3.86. The third kappa shape index (κ3) is 3.21. The smallest absolute Gasteiger partial charge is 0.335 e. The van der Waals surface area contributed by atoms with Crippen molar-refractivity contribution in [3.63, 3.8) is 0 Å². The number of carboxylic acid groups (broad SMARTS) is 1. The number of aromatic carboxylic acids is 1. The van der Waals surface area contributed by atoms with E-state index in [4.69, 9.17) is 5.11 Å². The number of nitrogens with one attached hydrogen (secondary N) is 1. The number of aryl methyl sites for hydroxylation is 1. The molecule has 1 heterocycles. The molecule has 0 radical (unpaired) electrons. The first-order chi connectivity index (χ1) is 11.4. The molecule has 0 atom stereocenters. The van der Waals surface area contributed by atoms with Crippen molar-refractivity contribution in [2.75, 3.05) is 23.2 Å². The number of hydrogen-bond donors (Lipinski definition) is 2. The lowest BCUT2D eigenvalue weighted by Gasteiger charge is -2.28. The van der Waals surface area contributed by atoms with Crippen LogP contribution in [0.4, 0.5) is 11.4 Å². The Balaban J connectivity index is 1.87. The molecule has 0 aromatic heterocycles. The van der Waals surface area contributed by atoms with Gasteiger partial charge in [-0.1, -0.05) is 6.07 Å². The average molecular weight is 346 g/mol. The van der Waals surface area contributed by atoms with Gasteiger partial charge in [0.05, 0.1) is 16.1 Å². The van der Waals surface area contributed by atoms with E-state index >= 15 is 0 Å². The van der Waals surface area contributed by atoms with Crippen LogP contribution in [-0.4, -0.2) is 33.1 Å². The lowest BCUT2D eigenvalue weighted by atomic mass is 10.0. The molecule has 0 saturated heterocycles. The molecule has 6 nitrogen and oxygen atoms in total. The Bertz CT molecular complexity index is 876. The lowest BCUT2D eigenvalue weighted by molar-refractivity contribution is 0.0696. The van der Waals surface area contributed by atoms with E-state index in [0.29, 0.717) is 5.69 Å². The van der Waals surface area contributed by atoms with Crippen molar-refractivity contribution in [3.8, 4) is 0 Å². The number of sulfonamides is 1. The van der Waals surface area contributed by atoms with E-state index in [9.17, 15) is 13.2 Å². The fourth-order valence-electron chi connectivity index (χ4n) is 2.81. The first kappa shape index (κ1) is 16.3. The summed E-state index contributed by atoms with van der Waals surface area (Å²) in [4.78, 5) is 13.0. The quantitative estimate of drug-likeness (QED) is 0.888. The van der Waals surface area contributed by atoms with Gasteiger partial charge in [0.1, 0.15) is 0 Å². The van der Waals surface area contributed by atoms with Crippen LogP contribution in [0.3, 0.4) is 0 Å². The Labute approximate surface area is 140 Å². The molecule has 0 saturated carbocycles. The van der Waals surface area contributed by atoms with Crippen molar-refractivity contribution >= 4 is 27.4 Å². The van der Waals surface area contributed by atoms with E-state index in [2.05, 4.69) is 9.62 Å². The van der Waals surface area contributed by atoms with Crippen LogP contribution in [0.15, 0.2) is 47.4 Å². The largest absolute Gasteiger partial charge is 0.478 e. The van der Waals surface area contributed by atoms with Gasteiger partial charge in [-0.3, -0.25) is 4.72 Å². The highest BCUT2D eigenvalue weighted by Crippen LogP contribution is 2.29. The SMILES string of the molecule is CN1CCCc2ccc(NS(=O)(=O)c3ccc(C(=O)O)cc3)cc21. The van der Waals surface area contributed by atoms with Crippen molar-refractivity contribution < 1.29 is 18.3 Å². The van der Waals surface area contributed by atoms with Gasteiger partial charge in [-0.15, -0.1) is 0 Å². The summed E-state index contributed by atoms with van der Waals surface area (Å²) in [5.41, 5.74) is 2.77. The van der Waals surface area contributed by atoms with Crippen LogP contribution in [0.1, 0.15) is 22.3 Å². The Morgan fingerprint density at radius 2 is 1.88 bits per heavy atom. The molecule has 126 valence electrons. The molecule has 1 aliphatic heterocycles. The number of fused-ring (bicyclic) bond motifs is 1. The first-order valence-corrected chi connectivity index (χ1v) is 9.05. The van der Waals surface area contributed by atoms with Gasteiger partial charge < -0.3 is 10.0 Å². The number of nitrogens with zero attached hydrogens (tertiary/aromatic N) is 1. The molecule has 0 amide bonds. The monoisotopic (exact) mass is 346 g/mol. The molecule has 0 aliphatic carbocycles. The molecule has 24 heavy (non-hydrogen) atoms. The second kappa shape index (κ2) is 6.16. The first-order valence-electron chi connectivity index (χ1n) is 7.57. The van der Waals surface area contributed by atoms with Crippen LogP contribution in [0.5, 0.6) is 0 Å². The molecular weight excluding hydrogens is 328 g/mol. The Hall–Kier alpha value is -2.54. The predicted octanol–water partition coefficient (Wildman–Crippen LogP) is 2.57. The summed E-state index contributed by atoms with van der Waals surface area (Å²) >= 11 is 0. The number of benzene rings is 2. The molecule has 7 heteroatoms. The molecule has 0 fully saturated rings. The summed E-state index contributed by atoms with van der Waals surface area (Å²) in [6, 6.07) is 10.6. The second-order valence-electron chi connectivity index (χ2n) is 5.80. The van der Waals surface area contributed by atoms with E-state index in [1.807, 2.05) is 19.2 Å². The van der Waals surface area contributed by atoms with E-state index in [1.165, 1.54) is 29.8 Å². The molecular formula is C17H18N2O4S. The van der Waals surface area contributed by atoms with Crippen molar-refractivity contribution in [1.82, 2.24) is 0 Å². The van der Waals surface area contributed by atoms with Crippen LogP contribution in [-0.2, 0) is 16.4 Å². The number of carboxylic acids is 1. The number of hydrogen-bond acceptors (Lipinski definition) is 4. The van der Waals surface area contributed by atoms with Crippen molar-refractivity contribution in [2.24, 2.45) is 0 Å². The van der Waals surface area contributed by atoms with Crippen molar-refractivity contribution in [1.29, 1.82) is 0 Å². The van der Waals surface area contributed by atoms with E-state index in [0.717, 1.165) is 25.1 Å². The highest BCUT2D eigenvalue weighted by atomic mass is 32.2. The van der Waals surface area contributed by atoms with Gasteiger partial charge in [0.15, 0.2) is 0 Å². The third-order valence-electron chi connectivity index (χ3n) is 4.10. The number of rotatable bonds is 4. The zero-order valence-corrected chi connectivity index (χ0v) is 14.0. The Morgan fingerprint density at radius 1 is 1.17 bits per heavy atom. The third-order valence-corrected chi connectivity index (χ3v) is 5.50. The van der Waals surface area contributed by atoms with Gasteiger partial charge in [-0.25, -0.2) is 13.2 Å². The summed E-state index contributed by atoms with van der Waals surface area (Å²) < 4.78 is 27.5. The van der Waals surface area contributed by atoms with Crippen LogP contribution < -0.4 is 9.62 Å². The van der Waals surface area contributed by atoms with Crippen LogP contribution in [0, 0.1) is 0 Å². The van der Waals surface area contributed by atoms with Gasteiger partial charge >= 0.3 is 5.97 Å². The zero-order chi connectivity index (χ0) is 17.3. The Morgan fingerprint density at radius 3 is 2.54 bits per heavy atom. The predicted molar refractivity (Wildman–Crippen MR) is 92.2 cm³/mol. The molecule has 2 N–H and O–H groups in total. The van der Waals surface area contributed by atoms with E-state index < -0.39 is 16.0 Å². The minimum absolute atomic E-state index is 0.0265. The molecule has 1 aliphatic rings. The van der Waals surface area contributed by atoms with Gasteiger partial charge in [0, 0.05) is 19.3 Å². The number of anilines is 2. The van der Waals surface area contributed by atoms with E-state index in [1.54, 1.807) is 6.07 Å². The fraction of sp³-hybridized carbons (Fsp3) is 0.235. The highest BCUT2D eigenvalue weighted by molar-refractivity contribution is 7.92. The molecule has 2 aromatic rings. The number of carbonyl (C=O) groups is 1. The van der Waals surface area contributed by atoms with Crippen molar-refractivity contribution in [3.05, 3.63) is 53.6 Å². The highest BCUT2D eigenvalue weighted by Gasteiger charge is 2.18. The molecule has 0 unspecified atom stereocenters. The van der Waals surface area contributed by atoms with Crippen LogP contribution in [0.25, 0.3) is 0 Å². The van der Waals surface area contributed by atoms with Crippen molar-refractivity contribution in [2.45, 2.75) is 17.7 Å². The summed E-state index contributed by atoms with van der Waals surface area (Å²) in [5, 5.41) is 8.88. The maximum absolute atomic E-state index is 12.5. The maximum atomic E-state index is 12.5. The van der Waals surface area contributed by atoms with Gasteiger partial charge in [0.25, 0.3) is 10.0 Å². The molecule has 0 spiro atoms. The average Bonchev–Trinajstić information content (AvgIpc) is 2.55. The second-order valence-corrected chi connectivity index (χ2v) is 7.49. The van der Waals surface area contributed by atoms with E-state index in [-0.39, 0.29) is 10.5 Å². The molecule has 3 rings (SSSR count). The summed E-state index contributed by atoms with van der Waals surface area (Å²) in [6.07, 6.45) is 2.08. The van der Waals surface area contributed by atoms with Crippen LogP contribution >= 0.6 is 0 Å². The minimum atomic E-state index is -3.76.